The minimum Gasteiger partial charge on any atom is -0.344 e. The average molecular weight is 345 g/mol. The Balaban J connectivity index is 2.76. The highest BCUT2D eigenvalue weighted by molar-refractivity contribution is 9.11. The van der Waals surface area contributed by atoms with Crippen molar-refractivity contribution < 1.29 is 4.79 Å². The second-order valence-electron chi connectivity index (χ2n) is 3.46. The molecule has 0 unspecified atom stereocenters. The summed E-state index contributed by atoms with van der Waals surface area (Å²) in [6, 6.07) is 3.61. The van der Waals surface area contributed by atoms with Crippen LogP contribution in [-0.4, -0.2) is 23.2 Å². The molecule has 0 spiro atoms. The van der Waals surface area contributed by atoms with Crippen LogP contribution in [0.1, 0.15) is 23.0 Å². The van der Waals surface area contributed by atoms with Crippen molar-refractivity contribution in [2.24, 2.45) is 0 Å². The lowest BCUT2D eigenvalue weighted by molar-refractivity contribution is 0.0918. The fourth-order valence-corrected chi connectivity index (χ4v) is 3.20. The molecule has 0 saturated carbocycles. The molecule has 1 N–H and O–H groups in total. The van der Waals surface area contributed by atoms with Crippen LogP contribution in [0, 0.1) is 0 Å². The van der Waals surface area contributed by atoms with E-state index in [4.69, 9.17) is 23.2 Å². The van der Waals surface area contributed by atoms with E-state index in [-0.39, 0.29) is 5.91 Å². The zero-order valence-corrected chi connectivity index (χ0v) is 12.6. The lowest BCUT2D eigenvalue weighted by Gasteiger charge is -2.29. The van der Waals surface area contributed by atoms with Gasteiger partial charge in [0, 0.05) is 11.8 Å². The van der Waals surface area contributed by atoms with Gasteiger partial charge in [-0.05, 0) is 34.5 Å². The highest BCUT2D eigenvalue weighted by Crippen LogP contribution is 2.23. The lowest BCUT2D eigenvalue weighted by atomic mass is 10.0. The van der Waals surface area contributed by atoms with Crippen molar-refractivity contribution in [1.29, 1.82) is 0 Å². The van der Waals surface area contributed by atoms with Crippen LogP contribution in [0.4, 0.5) is 0 Å². The molecule has 1 rings (SSSR count). The molecule has 1 heterocycles. The van der Waals surface area contributed by atoms with Gasteiger partial charge >= 0.3 is 0 Å². The molecule has 0 fully saturated rings. The Labute approximate surface area is 117 Å². The molecule has 0 radical (unpaired) electrons. The summed E-state index contributed by atoms with van der Waals surface area (Å²) in [7, 11) is 0. The summed E-state index contributed by atoms with van der Waals surface area (Å²) < 4.78 is 0.927. The third kappa shape index (κ3) is 3.36. The van der Waals surface area contributed by atoms with Crippen LogP contribution in [0.15, 0.2) is 15.9 Å². The minimum absolute atomic E-state index is 0.126. The number of hydrogen-bond acceptors (Lipinski definition) is 2. The lowest BCUT2D eigenvalue weighted by Crippen LogP contribution is -2.51. The van der Waals surface area contributed by atoms with E-state index in [1.54, 1.807) is 6.07 Å². The van der Waals surface area contributed by atoms with E-state index in [0.717, 1.165) is 3.79 Å². The van der Waals surface area contributed by atoms with Crippen molar-refractivity contribution in [1.82, 2.24) is 5.32 Å². The maximum absolute atomic E-state index is 11.9. The molecule has 1 amide bonds. The number of thiophene rings is 1. The zero-order chi connectivity index (χ0) is 12.2. The quantitative estimate of drug-likeness (QED) is 0.807. The SMILES string of the molecule is CCC(CCl)(CCl)NC(=O)c1ccc(Br)s1. The number of amides is 1. The highest BCUT2D eigenvalue weighted by Gasteiger charge is 2.28. The van der Waals surface area contributed by atoms with Crippen molar-refractivity contribution in [2.75, 3.05) is 11.8 Å². The van der Waals surface area contributed by atoms with E-state index < -0.39 is 5.54 Å². The van der Waals surface area contributed by atoms with Gasteiger partial charge in [-0.3, -0.25) is 4.79 Å². The summed E-state index contributed by atoms with van der Waals surface area (Å²) in [5.74, 6) is 0.496. The van der Waals surface area contributed by atoms with Gasteiger partial charge in [-0.2, -0.15) is 0 Å². The predicted molar refractivity (Wildman–Crippen MR) is 73.9 cm³/mol. The molecular formula is C10H12BrCl2NOS. The van der Waals surface area contributed by atoms with Gasteiger partial charge in [-0.25, -0.2) is 0 Å². The van der Waals surface area contributed by atoms with Gasteiger partial charge in [-0.15, -0.1) is 34.5 Å². The molecule has 2 nitrogen and oxygen atoms in total. The normalized spacial score (nSPS) is 11.5. The first-order valence-corrected chi connectivity index (χ1v) is 7.44. The van der Waals surface area contributed by atoms with E-state index in [9.17, 15) is 4.79 Å². The third-order valence-electron chi connectivity index (χ3n) is 2.36. The Kier molecular flexibility index (Phi) is 5.57. The van der Waals surface area contributed by atoms with E-state index in [1.165, 1.54) is 11.3 Å². The fraction of sp³-hybridized carbons (Fsp3) is 0.500. The molecule has 0 aliphatic carbocycles. The molecule has 0 bridgehead atoms. The highest BCUT2D eigenvalue weighted by atomic mass is 79.9. The molecule has 6 heteroatoms. The van der Waals surface area contributed by atoms with Crippen LogP contribution >= 0.6 is 50.5 Å². The second kappa shape index (κ2) is 6.24. The minimum atomic E-state index is -0.517. The molecule has 1 aromatic heterocycles. The Morgan fingerprint density at radius 3 is 2.50 bits per heavy atom. The van der Waals surface area contributed by atoms with Crippen LogP contribution in [-0.2, 0) is 0 Å². The molecule has 0 aliphatic rings. The molecule has 0 atom stereocenters. The Morgan fingerprint density at radius 1 is 1.50 bits per heavy atom. The van der Waals surface area contributed by atoms with Crippen LogP contribution in [0.2, 0.25) is 0 Å². The molecular weight excluding hydrogens is 333 g/mol. The number of nitrogens with one attached hydrogen (secondary N) is 1. The summed E-state index contributed by atoms with van der Waals surface area (Å²) >= 11 is 16.4. The van der Waals surface area contributed by atoms with E-state index in [1.807, 2.05) is 13.0 Å². The molecule has 16 heavy (non-hydrogen) atoms. The van der Waals surface area contributed by atoms with Crippen LogP contribution in [0.5, 0.6) is 0 Å². The van der Waals surface area contributed by atoms with Crippen molar-refractivity contribution in [2.45, 2.75) is 18.9 Å². The largest absolute Gasteiger partial charge is 0.344 e. The molecule has 0 saturated heterocycles. The molecule has 0 aliphatic heterocycles. The average Bonchev–Trinajstić information content (AvgIpc) is 2.73. The number of hydrogen-bond donors (Lipinski definition) is 1. The Hall–Kier alpha value is 0.230. The van der Waals surface area contributed by atoms with Gasteiger partial charge < -0.3 is 5.32 Å². The summed E-state index contributed by atoms with van der Waals surface area (Å²) in [6.45, 7) is 1.95. The van der Waals surface area contributed by atoms with E-state index >= 15 is 0 Å². The number of rotatable bonds is 5. The summed E-state index contributed by atoms with van der Waals surface area (Å²) in [5, 5.41) is 2.90. The predicted octanol–water partition coefficient (Wildman–Crippen LogP) is 3.87. The summed E-state index contributed by atoms with van der Waals surface area (Å²) in [5.41, 5.74) is -0.517. The van der Waals surface area contributed by atoms with Crippen LogP contribution < -0.4 is 5.32 Å². The monoisotopic (exact) mass is 343 g/mol. The standard InChI is InChI=1S/C10H12BrCl2NOS/c1-2-10(5-12,6-13)14-9(15)7-3-4-8(11)16-7/h3-4H,2,5-6H2,1H3,(H,14,15). The second-order valence-corrected chi connectivity index (χ2v) is 6.46. The van der Waals surface area contributed by atoms with E-state index in [0.29, 0.717) is 23.1 Å². The van der Waals surface area contributed by atoms with E-state index in [2.05, 4.69) is 21.2 Å². The fourth-order valence-electron chi connectivity index (χ4n) is 1.12. The first kappa shape index (κ1) is 14.3. The van der Waals surface area contributed by atoms with Gasteiger partial charge in [-0.1, -0.05) is 6.92 Å². The van der Waals surface area contributed by atoms with Gasteiger partial charge in [0.05, 0.1) is 14.2 Å². The maximum Gasteiger partial charge on any atom is 0.261 e. The smallest absolute Gasteiger partial charge is 0.261 e. The van der Waals surface area contributed by atoms with Gasteiger partial charge in [0.2, 0.25) is 0 Å². The first-order chi connectivity index (χ1) is 7.56. The van der Waals surface area contributed by atoms with Gasteiger partial charge in [0.1, 0.15) is 0 Å². The summed E-state index contributed by atoms with van der Waals surface area (Å²) in [6.07, 6.45) is 0.707. The van der Waals surface area contributed by atoms with Crippen molar-refractivity contribution in [3.8, 4) is 0 Å². The topological polar surface area (TPSA) is 29.1 Å². The molecule has 90 valence electrons. The summed E-state index contributed by atoms with van der Waals surface area (Å²) in [4.78, 5) is 12.6. The Bertz CT molecular complexity index is 357. The van der Waals surface area contributed by atoms with Gasteiger partial charge in [0.15, 0.2) is 0 Å². The maximum atomic E-state index is 11.9. The first-order valence-electron chi connectivity index (χ1n) is 4.76. The number of carbonyl (C=O) groups is 1. The van der Waals surface area contributed by atoms with Crippen molar-refractivity contribution >= 4 is 56.4 Å². The number of alkyl halides is 2. The van der Waals surface area contributed by atoms with Crippen molar-refractivity contribution in [3.05, 3.63) is 20.8 Å². The third-order valence-corrected chi connectivity index (χ3v) is 5.01. The zero-order valence-electron chi connectivity index (χ0n) is 8.73. The van der Waals surface area contributed by atoms with Gasteiger partial charge in [0.25, 0.3) is 5.91 Å². The van der Waals surface area contributed by atoms with Crippen LogP contribution in [0.25, 0.3) is 0 Å². The van der Waals surface area contributed by atoms with Crippen LogP contribution in [0.3, 0.4) is 0 Å². The molecule has 0 aromatic carbocycles. The van der Waals surface area contributed by atoms with Crippen molar-refractivity contribution in [3.63, 3.8) is 0 Å². The molecule has 1 aromatic rings. The Morgan fingerprint density at radius 2 is 2.12 bits per heavy atom. The number of carbonyl (C=O) groups excluding carboxylic acids is 1. The number of halogens is 3.